The Balaban J connectivity index is 1.68. The van der Waals surface area contributed by atoms with Crippen molar-refractivity contribution in [1.29, 1.82) is 0 Å². The summed E-state index contributed by atoms with van der Waals surface area (Å²) in [4.78, 5) is 36.8. The number of hydrogen-bond acceptors (Lipinski definition) is 4. The predicted octanol–water partition coefficient (Wildman–Crippen LogP) is 4.08. The van der Waals surface area contributed by atoms with Crippen LogP contribution in [0.2, 0.25) is 0 Å². The van der Waals surface area contributed by atoms with Gasteiger partial charge >= 0.3 is 6.03 Å². The van der Waals surface area contributed by atoms with Crippen LogP contribution >= 0.6 is 0 Å². The van der Waals surface area contributed by atoms with E-state index < -0.39 is 11.0 Å². The summed E-state index contributed by atoms with van der Waals surface area (Å²) in [5.41, 5.74) is 1.46. The molecule has 3 amide bonds. The second kappa shape index (κ2) is 9.14. The number of hydrogen-bond donors (Lipinski definition) is 2. The number of nitro groups is 1. The number of nitro benzene ring substituents is 1. The fourth-order valence-electron chi connectivity index (χ4n) is 2.70. The molecule has 8 nitrogen and oxygen atoms in total. The first-order chi connectivity index (χ1) is 14.0. The minimum absolute atomic E-state index is 0.141. The van der Waals surface area contributed by atoms with Crippen molar-refractivity contribution in [2.45, 2.75) is 0 Å². The molecule has 0 saturated heterocycles. The summed E-state index contributed by atoms with van der Waals surface area (Å²) in [6.45, 7) is -0.259. The van der Waals surface area contributed by atoms with E-state index in [4.69, 9.17) is 0 Å². The molecular weight excluding hydrogens is 372 g/mol. The van der Waals surface area contributed by atoms with Crippen molar-refractivity contribution in [3.05, 3.63) is 95.0 Å². The van der Waals surface area contributed by atoms with Gasteiger partial charge in [0.25, 0.3) is 11.6 Å². The third-order valence-corrected chi connectivity index (χ3v) is 3.99. The Bertz CT molecular complexity index is 970. The number of nitrogens with one attached hydrogen (secondary N) is 2. The van der Waals surface area contributed by atoms with Crippen LogP contribution in [0.4, 0.5) is 27.5 Å². The number of benzene rings is 3. The van der Waals surface area contributed by atoms with Crippen LogP contribution in [0.1, 0.15) is 0 Å². The average Bonchev–Trinajstić information content (AvgIpc) is 2.74. The van der Waals surface area contributed by atoms with E-state index in [0.717, 1.165) is 0 Å². The Kier molecular flexibility index (Phi) is 6.16. The standard InChI is InChI=1S/C21H18N4O4/c26-20(15-22-21(27)23-16-8-7-13-19(14-16)25(28)29)24(17-9-3-1-4-10-17)18-11-5-2-6-12-18/h1-14H,15H2,(H2,22,23,27). The van der Waals surface area contributed by atoms with Crippen molar-refractivity contribution in [1.82, 2.24) is 5.32 Å². The summed E-state index contributed by atoms with van der Waals surface area (Å²) in [6.07, 6.45) is 0. The van der Waals surface area contributed by atoms with E-state index in [1.165, 1.54) is 29.2 Å². The number of non-ortho nitro benzene ring substituents is 1. The molecule has 3 aromatic rings. The summed E-state index contributed by atoms with van der Waals surface area (Å²) in [5, 5.41) is 15.8. The van der Waals surface area contributed by atoms with Gasteiger partial charge in [-0.25, -0.2) is 4.79 Å². The number of urea groups is 1. The maximum atomic E-state index is 12.8. The molecule has 0 saturated carbocycles. The fourth-order valence-corrected chi connectivity index (χ4v) is 2.70. The first-order valence-corrected chi connectivity index (χ1v) is 8.77. The first-order valence-electron chi connectivity index (χ1n) is 8.77. The zero-order chi connectivity index (χ0) is 20.6. The highest BCUT2D eigenvalue weighted by Crippen LogP contribution is 2.24. The van der Waals surface area contributed by atoms with E-state index in [1.54, 1.807) is 24.3 Å². The van der Waals surface area contributed by atoms with Crippen LogP contribution in [0, 0.1) is 10.1 Å². The Morgan fingerprint density at radius 3 is 2.00 bits per heavy atom. The molecule has 0 aliphatic heterocycles. The van der Waals surface area contributed by atoms with Gasteiger partial charge in [-0.05, 0) is 30.3 Å². The van der Waals surface area contributed by atoms with Crippen LogP contribution in [0.3, 0.4) is 0 Å². The van der Waals surface area contributed by atoms with Crippen molar-refractivity contribution >= 4 is 34.7 Å². The number of amides is 3. The highest BCUT2D eigenvalue weighted by atomic mass is 16.6. The number of carbonyl (C=O) groups is 2. The van der Waals surface area contributed by atoms with Crippen molar-refractivity contribution in [3.8, 4) is 0 Å². The van der Waals surface area contributed by atoms with Crippen LogP contribution < -0.4 is 15.5 Å². The summed E-state index contributed by atoms with van der Waals surface area (Å²) in [6, 6.07) is 23.1. The molecule has 0 aliphatic carbocycles. The van der Waals surface area contributed by atoms with E-state index in [1.807, 2.05) is 36.4 Å². The van der Waals surface area contributed by atoms with Gasteiger partial charge in [-0.1, -0.05) is 42.5 Å². The molecule has 8 heteroatoms. The smallest absolute Gasteiger partial charge is 0.319 e. The zero-order valence-corrected chi connectivity index (χ0v) is 15.3. The van der Waals surface area contributed by atoms with E-state index >= 15 is 0 Å². The van der Waals surface area contributed by atoms with Gasteiger partial charge < -0.3 is 10.6 Å². The van der Waals surface area contributed by atoms with Crippen LogP contribution in [-0.2, 0) is 4.79 Å². The molecule has 0 bridgehead atoms. The first kappa shape index (κ1) is 19.6. The Labute approximate surface area is 166 Å². The molecule has 0 aliphatic rings. The van der Waals surface area contributed by atoms with Crippen molar-refractivity contribution in [2.24, 2.45) is 0 Å². The summed E-state index contributed by atoms with van der Waals surface area (Å²) < 4.78 is 0. The fraction of sp³-hybridized carbons (Fsp3) is 0.0476. The van der Waals surface area contributed by atoms with Gasteiger partial charge in [0, 0.05) is 29.2 Å². The van der Waals surface area contributed by atoms with Crippen molar-refractivity contribution in [2.75, 3.05) is 16.8 Å². The second-order valence-corrected chi connectivity index (χ2v) is 6.02. The Hall–Kier alpha value is -4.20. The normalized spacial score (nSPS) is 10.1. The lowest BCUT2D eigenvalue weighted by atomic mass is 10.2. The molecule has 0 fully saturated rings. The van der Waals surface area contributed by atoms with Gasteiger partial charge in [-0.2, -0.15) is 0 Å². The topological polar surface area (TPSA) is 105 Å². The lowest BCUT2D eigenvalue weighted by Crippen LogP contribution is -2.39. The van der Waals surface area contributed by atoms with Gasteiger partial charge in [0.2, 0.25) is 0 Å². The van der Waals surface area contributed by atoms with Gasteiger partial charge in [0.05, 0.1) is 11.5 Å². The molecular formula is C21H18N4O4. The summed E-state index contributed by atoms with van der Waals surface area (Å²) >= 11 is 0. The minimum atomic E-state index is -0.639. The Morgan fingerprint density at radius 1 is 0.862 bits per heavy atom. The van der Waals surface area contributed by atoms with Gasteiger partial charge in [-0.15, -0.1) is 0 Å². The lowest BCUT2D eigenvalue weighted by Gasteiger charge is -2.23. The van der Waals surface area contributed by atoms with Crippen LogP contribution in [-0.4, -0.2) is 23.4 Å². The SMILES string of the molecule is O=C(NCC(=O)N(c1ccccc1)c1ccccc1)Nc1cccc([N+](=O)[O-])c1. The van der Waals surface area contributed by atoms with Crippen LogP contribution in [0.15, 0.2) is 84.9 Å². The Morgan fingerprint density at radius 2 is 1.45 bits per heavy atom. The number of para-hydroxylation sites is 2. The second-order valence-electron chi connectivity index (χ2n) is 6.02. The van der Waals surface area contributed by atoms with E-state index in [-0.39, 0.29) is 23.8 Å². The third-order valence-electron chi connectivity index (χ3n) is 3.99. The molecule has 3 rings (SSSR count). The summed E-state index contributed by atoms with van der Waals surface area (Å²) in [7, 11) is 0. The average molecular weight is 390 g/mol. The number of anilines is 3. The predicted molar refractivity (Wildman–Crippen MR) is 110 cm³/mol. The van der Waals surface area contributed by atoms with Crippen LogP contribution in [0.25, 0.3) is 0 Å². The molecule has 0 spiro atoms. The number of rotatable bonds is 6. The van der Waals surface area contributed by atoms with Gasteiger partial charge in [0.15, 0.2) is 0 Å². The molecule has 3 aromatic carbocycles. The van der Waals surface area contributed by atoms with Crippen molar-refractivity contribution < 1.29 is 14.5 Å². The highest BCUT2D eigenvalue weighted by molar-refractivity contribution is 6.03. The van der Waals surface area contributed by atoms with Gasteiger partial charge in [0.1, 0.15) is 0 Å². The molecule has 0 heterocycles. The molecule has 0 radical (unpaired) electrons. The van der Waals surface area contributed by atoms with Crippen LogP contribution in [0.5, 0.6) is 0 Å². The molecule has 146 valence electrons. The van der Waals surface area contributed by atoms with E-state index in [0.29, 0.717) is 11.4 Å². The minimum Gasteiger partial charge on any atom is -0.329 e. The van der Waals surface area contributed by atoms with Crippen molar-refractivity contribution in [3.63, 3.8) is 0 Å². The molecule has 0 atom stereocenters. The maximum Gasteiger partial charge on any atom is 0.319 e. The molecule has 0 aromatic heterocycles. The van der Waals surface area contributed by atoms with E-state index in [9.17, 15) is 19.7 Å². The highest BCUT2D eigenvalue weighted by Gasteiger charge is 2.18. The monoisotopic (exact) mass is 390 g/mol. The van der Waals surface area contributed by atoms with Gasteiger partial charge in [-0.3, -0.25) is 19.8 Å². The molecule has 0 unspecified atom stereocenters. The third kappa shape index (κ3) is 5.16. The lowest BCUT2D eigenvalue weighted by molar-refractivity contribution is -0.384. The number of nitrogens with zero attached hydrogens (tertiary/aromatic N) is 2. The van der Waals surface area contributed by atoms with E-state index in [2.05, 4.69) is 10.6 Å². The quantitative estimate of drug-likeness (QED) is 0.489. The maximum absolute atomic E-state index is 12.8. The summed E-state index contributed by atoms with van der Waals surface area (Å²) in [5.74, 6) is -0.336. The largest absolute Gasteiger partial charge is 0.329 e. The number of carbonyl (C=O) groups excluding carboxylic acids is 2. The zero-order valence-electron chi connectivity index (χ0n) is 15.3. The molecule has 29 heavy (non-hydrogen) atoms. The molecule has 2 N–H and O–H groups in total.